The molecule has 176 valence electrons. The van der Waals surface area contributed by atoms with Crippen molar-refractivity contribution in [2.75, 3.05) is 11.9 Å². The van der Waals surface area contributed by atoms with Gasteiger partial charge in [0.2, 0.25) is 0 Å². The van der Waals surface area contributed by atoms with Crippen molar-refractivity contribution in [3.05, 3.63) is 100 Å². The molecule has 4 rings (SSSR count). The molecule has 3 aromatic carbocycles. The zero-order chi connectivity index (χ0) is 24.8. The molecule has 0 unspecified atom stereocenters. The molecule has 2 amide bonds. The third-order valence-corrected chi connectivity index (χ3v) is 4.69. The van der Waals surface area contributed by atoms with Gasteiger partial charge in [-0.3, -0.25) is 19.7 Å². The Morgan fingerprint density at radius 3 is 2.51 bits per heavy atom. The lowest BCUT2D eigenvalue weighted by Crippen LogP contribution is -2.20. The lowest BCUT2D eigenvalue weighted by atomic mass is 10.2. The lowest BCUT2D eigenvalue weighted by Gasteiger charge is -2.07. The predicted molar refractivity (Wildman–Crippen MR) is 125 cm³/mol. The van der Waals surface area contributed by atoms with E-state index >= 15 is 0 Å². The minimum Gasteiger partial charge on any atom is -0.484 e. The van der Waals surface area contributed by atoms with Crippen LogP contribution < -0.4 is 15.5 Å². The van der Waals surface area contributed by atoms with Crippen LogP contribution in [0.3, 0.4) is 0 Å². The van der Waals surface area contributed by atoms with Crippen LogP contribution in [0.5, 0.6) is 5.75 Å². The largest absolute Gasteiger partial charge is 0.484 e. The Labute approximate surface area is 197 Å². The second kappa shape index (κ2) is 10.3. The maximum atomic E-state index is 12.9. The van der Waals surface area contributed by atoms with Crippen molar-refractivity contribution in [2.24, 2.45) is 5.10 Å². The summed E-state index contributed by atoms with van der Waals surface area (Å²) in [6.45, 7) is -0.235. The van der Waals surface area contributed by atoms with Crippen molar-refractivity contribution in [2.45, 2.75) is 0 Å². The SMILES string of the molecule is O=C(COc1ccc(/C=N/NC(=O)c2cc3cc([N+](=O)[O-])ccc3o2)cc1)Nc1ccc(F)cc1. The van der Waals surface area contributed by atoms with Crippen molar-refractivity contribution in [3.63, 3.8) is 0 Å². The van der Waals surface area contributed by atoms with Crippen LogP contribution in [0.2, 0.25) is 0 Å². The fourth-order valence-corrected chi connectivity index (χ4v) is 3.01. The number of nitrogens with one attached hydrogen (secondary N) is 2. The molecule has 0 saturated carbocycles. The van der Waals surface area contributed by atoms with Crippen LogP contribution in [-0.4, -0.2) is 29.6 Å². The quantitative estimate of drug-likeness (QED) is 0.222. The number of carbonyl (C=O) groups is 2. The summed E-state index contributed by atoms with van der Waals surface area (Å²) in [7, 11) is 0. The fourth-order valence-electron chi connectivity index (χ4n) is 3.01. The van der Waals surface area contributed by atoms with Crippen LogP contribution in [0.25, 0.3) is 11.0 Å². The molecule has 35 heavy (non-hydrogen) atoms. The number of anilines is 1. The summed E-state index contributed by atoms with van der Waals surface area (Å²) in [5.41, 5.74) is 3.66. The number of nitrogens with zero attached hydrogens (tertiary/aromatic N) is 2. The molecule has 0 fully saturated rings. The predicted octanol–water partition coefficient (Wildman–Crippen LogP) is 4.26. The molecular formula is C24H17FN4O6. The van der Waals surface area contributed by atoms with Gasteiger partial charge >= 0.3 is 5.91 Å². The summed E-state index contributed by atoms with van der Waals surface area (Å²) in [6.07, 6.45) is 1.40. The first kappa shape index (κ1) is 23.1. The summed E-state index contributed by atoms with van der Waals surface area (Å²) in [5, 5.41) is 17.7. The molecule has 2 N–H and O–H groups in total. The Kier molecular flexibility index (Phi) is 6.77. The van der Waals surface area contributed by atoms with E-state index < -0.39 is 22.6 Å². The normalized spacial score (nSPS) is 10.9. The van der Waals surface area contributed by atoms with Gasteiger partial charge in [0.05, 0.1) is 11.1 Å². The number of hydrogen-bond acceptors (Lipinski definition) is 7. The number of nitro benzene ring substituents is 1. The summed E-state index contributed by atoms with van der Waals surface area (Å²) < 4.78 is 23.7. The molecule has 0 saturated heterocycles. The zero-order valence-corrected chi connectivity index (χ0v) is 17.9. The number of ether oxygens (including phenoxy) is 1. The number of nitro groups is 1. The zero-order valence-electron chi connectivity index (χ0n) is 17.9. The standard InChI is InChI=1S/C24H17FN4O6/c25-17-3-5-18(6-4-17)27-23(30)14-34-20-8-1-15(2-9-20)13-26-28-24(31)22-12-16-11-19(29(32)33)7-10-21(16)35-22/h1-13H,14H2,(H,27,30)(H,28,31)/b26-13+. The number of benzene rings is 3. The smallest absolute Gasteiger partial charge is 0.307 e. The van der Waals surface area contributed by atoms with Gasteiger partial charge in [-0.1, -0.05) is 0 Å². The maximum absolute atomic E-state index is 12.9. The Morgan fingerprint density at radius 1 is 1.06 bits per heavy atom. The number of hydrogen-bond donors (Lipinski definition) is 2. The average Bonchev–Trinajstić information content (AvgIpc) is 3.28. The first-order valence-electron chi connectivity index (χ1n) is 10.2. The Bertz CT molecular complexity index is 1410. The molecule has 0 bridgehead atoms. The fraction of sp³-hybridized carbons (Fsp3) is 0.0417. The molecule has 0 aliphatic rings. The van der Waals surface area contributed by atoms with Crippen LogP contribution in [0.4, 0.5) is 15.8 Å². The van der Waals surface area contributed by atoms with Crippen LogP contribution in [0.1, 0.15) is 16.1 Å². The molecule has 0 atom stereocenters. The van der Waals surface area contributed by atoms with E-state index in [4.69, 9.17) is 9.15 Å². The van der Waals surface area contributed by atoms with Gasteiger partial charge in [0.25, 0.3) is 11.6 Å². The number of halogens is 1. The highest BCUT2D eigenvalue weighted by Crippen LogP contribution is 2.24. The van der Waals surface area contributed by atoms with Crippen molar-refractivity contribution in [1.29, 1.82) is 0 Å². The monoisotopic (exact) mass is 476 g/mol. The molecular weight excluding hydrogens is 459 g/mol. The van der Waals surface area contributed by atoms with Gasteiger partial charge in [0.15, 0.2) is 12.4 Å². The van der Waals surface area contributed by atoms with Crippen LogP contribution in [0.15, 0.2) is 82.3 Å². The molecule has 0 spiro atoms. The highest BCUT2D eigenvalue weighted by molar-refractivity contribution is 5.97. The molecule has 0 aliphatic heterocycles. The summed E-state index contributed by atoms with van der Waals surface area (Å²) in [4.78, 5) is 34.5. The molecule has 4 aromatic rings. The second-order valence-electron chi connectivity index (χ2n) is 7.20. The molecule has 1 aromatic heterocycles. The van der Waals surface area contributed by atoms with Gasteiger partial charge in [0.1, 0.15) is 17.1 Å². The van der Waals surface area contributed by atoms with Crippen molar-refractivity contribution < 1.29 is 28.1 Å². The van der Waals surface area contributed by atoms with E-state index in [9.17, 15) is 24.1 Å². The van der Waals surface area contributed by atoms with Crippen LogP contribution in [-0.2, 0) is 4.79 Å². The molecule has 0 radical (unpaired) electrons. The van der Waals surface area contributed by atoms with E-state index in [1.165, 1.54) is 54.7 Å². The first-order chi connectivity index (χ1) is 16.9. The molecule has 10 nitrogen and oxygen atoms in total. The topological polar surface area (TPSA) is 136 Å². The van der Waals surface area contributed by atoms with Gasteiger partial charge in [0, 0.05) is 23.2 Å². The van der Waals surface area contributed by atoms with E-state index in [0.717, 1.165) is 0 Å². The van der Waals surface area contributed by atoms with E-state index in [1.807, 2.05) is 0 Å². The number of furan rings is 1. The van der Waals surface area contributed by atoms with Crippen LogP contribution in [0, 0.1) is 15.9 Å². The number of hydrazone groups is 1. The van der Waals surface area contributed by atoms with Crippen molar-refractivity contribution in [3.8, 4) is 5.75 Å². The summed E-state index contributed by atoms with van der Waals surface area (Å²) in [5.74, 6) is -1.01. The van der Waals surface area contributed by atoms with Gasteiger partial charge < -0.3 is 14.5 Å². The van der Waals surface area contributed by atoms with Gasteiger partial charge in [-0.2, -0.15) is 5.10 Å². The van der Waals surface area contributed by atoms with Crippen LogP contribution >= 0.6 is 0 Å². The number of amides is 2. The van der Waals surface area contributed by atoms with Crippen molar-refractivity contribution >= 4 is 40.4 Å². The van der Waals surface area contributed by atoms with E-state index in [0.29, 0.717) is 28.0 Å². The third kappa shape index (κ3) is 6.05. The molecule has 0 aliphatic carbocycles. The lowest BCUT2D eigenvalue weighted by molar-refractivity contribution is -0.384. The Morgan fingerprint density at radius 2 is 1.80 bits per heavy atom. The van der Waals surface area contributed by atoms with Gasteiger partial charge in [-0.15, -0.1) is 0 Å². The van der Waals surface area contributed by atoms with E-state index in [1.54, 1.807) is 24.3 Å². The highest BCUT2D eigenvalue weighted by atomic mass is 19.1. The third-order valence-electron chi connectivity index (χ3n) is 4.69. The average molecular weight is 476 g/mol. The number of non-ortho nitro benzene ring substituents is 1. The first-order valence-corrected chi connectivity index (χ1v) is 10.2. The number of carbonyl (C=O) groups excluding carboxylic acids is 2. The Hall–Kier alpha value is -5.06. The Balaban J connectivity index is 1.27. The number of rotatable bonds is 8. The molecule has 11 heteroatoms. The van der Waals surface area contributed by atoms with E-state index in [-0.39, 0.29) is 18.1 Å². The van der Waals surface area contributed by atoms with E-state index in [2.05, 4.69) is 15.8 Å². The minimum absolute atomic E-state index is 0.0414. The maximum Gasteiger partial charge on any atom is 0.307 e. The molecule has 1 heterocycles. The van der Waals surface area contributed by atoms with Crippen molar-refractivity contribution in [1.82, 2.24) is 5.43 Å². The second-order valence-corrected chi connectivity index (χ2v) is 7.20. The summed E-state index contributed by atoms with van der Waals surface area (Å²) in [6, 6.07) is 17.4. The minimum atomic E-state index is -0.618. The van der Waals surface area contributed by atoms with Gasteiger partial charge in [-0.05, 0) is 66.2 Å². The summed E-state index contributed by atoms with van der Waals surface area (Å²) >= 11 is 0. The highest BCUT2D eigenvalue weighted by Gasteiger charge is 2.14. The number of fused-ring (bicyclic) bond motifs is 1. The van der Waals surface area contributed by atoms with Gasteiger partial charge in [-0.25, -0.2) is 9.82 Å².